The predicted octanol–water partition coefficient (Wildman–Crippen LogP) is 3.38. The van der Waals surface area contributed by atoms with Gasteiger partial charge in [-0.3, -0.25) is 0 Å². The number of carbonyl (C=O) groups is 2. The second-order valence-electron chi connectivity index (χ2n) is 7.45. The number of rotatable bonds is 4. The average Bonchev–Trinajstić information content (AvgIpc) is 2.41. The highest BCUT2D eigenvalue weighted by atomic mass is 17.1. The summed E-state index contributed by atoms with van der Waals surface area (Å²) in [7, 11) is 0. The number of aromatic carboxylic acids is 2. The van der Waals surface area contributed by atoms with Gasteiger partial charge in [0.25, 0.3) is 0 Å². The molecule has 0 saturated carbocycles. The van der Waals surface area contributed by atoms with Gasteiger partial charge in [0.05, 0.1) is 5.56 Å². The summed E-state index contributed by atoms with van der Waals surface area (Å²) in [5, 5.41) is 37.5. The summed E-state index contributed by atoms with van der Waals surface area (Å²) in [6, 6.07) is 0. The van der Waals surface area contributed by atoms with Gasteiger partial charge in [-0.05, 0) is 16.4 Å². The van der Waals surface area contributed by atoms with Crippen LogP contribution in [0.25, 0.3) is 0 Å². The highest BCUT2D eigenvalue weighted by molar-refractivity contribution is 6.06. The first kappa shape index (κ1) is 19.7. The van der Waals surface area contributed by atoms with E-state index in [1.54, 1.807) is 41.5 Å². The molecule has 0 aromatic heterocycles. The van der Waals surface area contributed by atoms with E-state index in [-0.39, 0.29) is 11.1 Å². The lowest BCUT2D eigenvalue weighted by Gasteiger charge is -2.33. The maximum atomic E-state index is 11.8. The van der Waals surface area contributed by atoms with Gasteiger partial charge < -0.3 is 20.0 Å². The van der Waals surface area contributed by atoms with Crippen molar-refractivity contribution < 1.29 is 40.1 Å². The van der Waals surface area contributed by atoms with Gasteiger partial charge in [-0.15, -0.1) is 0 Å². The number of carboxylic acid groups (broad SMARTS) is 2. The van der Waals surface area contributed by atoms with Crippen molar-refractivity contribution in [3.63, 3.8) is 0 Å². The molecule has 1 aromatic rings. The van der Waals surface area contributed by atoms with Crippen molar-refractivity contribution in [3.05, 3.63) is 22.3 Å². The topological polar surface area (TPSA) is 134 Å². The van der Waals surface area contributed by atoms with E-state index in [0.717, 1.165) is 0 Å². The van der Waals surface area contributed by atoms with E-state index in [4.69, 9.17) is 5.26 Å². The van der Waals surface area contributed by atoms with Crippen LogP contribution in [-0.4, -0.2) is 32.7 Å². The van der Waals surface area contributed by atoms with E-state index in [2.05, 4.69) is 9.78 Å². The molecule has 0 aliphatic rings. The molecule has 0 atom stereocenters. The lowest BCUT2D eigenvalue weighted by molar-refractivity contribution is -0.165. The summed E-state index contributed by atoms with van der Waals surface area (Å²) >= 11 is 0. The molecule has 0 spiro atoms. The molecule has 0 aliphatic heterocycles. The van der Waals surface area contributed by atoms with Crippen LogP contribution >= 0.6 is 0 Å². The van der Waals surface area contributed by atoms with Gasteiger partial charge in [-0.25, -0.2) is 20.1 Å². The quantitative estimate of drug-likeness (QED) is 0.483. The van der Waals surface area contributed by atoms with Crippen LogP contribution < -0.4 is 9.78 Å². The molecule has 1 aromatic carbocycles. The summed E-state index contributed by atoms with van der Waals surface area (Å²) in [5.74, 6) is -4.33. The van der Waals surface area contributed by atoms with Gasteiger partial charge in [0.1, 0.15) is 5.56 Å². The van der Waals surface area contributed by atoms with Crippen molar-refractivity contribution in [2.24, 2.45) is 0 Å². The first-order chi connectivity index (χ1) is 10.8. The Labute approximate surface area is 139 Å². The molecule has 0 bridgehead atoms. The molecule has 0 radical (unpaired) electrons. The van der Waals surface area contributed by atoms with Crippen molar-refractivity contribution in [2.75, 3.05) is 0 Å². The first-order valence-electron chi connectivity index (χ1n) is 7.13. The molecule has 1 rings (SSSR count). The van der Waals surface area contributed by atoms with Gasteiger partial charge in [-0.1, -0.05) is 41.5 Å². The normalized spacial score (nSPS) is 12.0. The van der Waals surface area contributed by atoms with Crippen LogP contribution in [-0.2, 0) is 10.8 Å². The zero-order chi connectivity index (χ0) is 19.0. The lowest BCUT2D eigenvalue weighted by Crippen LogP contribution is -2.29. The maximum Gasteiger partial charge on any atom is 0.340 e. The minimum Gasteiger partial charge on any atom is -0.478 e. The van der Waals surface area contributed by atoms with E-state index in [1.165, 1.54) is 0 Å². The van der Waals surface area contributed by atoms with E-state index in [9.17, 15) is 25.1 Å². The van der Waals surface area contributed by atoms with Crippen LogP contribution in [0.2, 0.25) is 0 Å². The van der Waals surface area contributed by atoms with Crippen LogP contribution in [0.3, 0.4) is 0 Å². The molecule has 0 fully saturated rings. The third-order valence-corrected chi connectivity index (χ3v) is 3.52. The Bertz CT molecular complexity index is 677. The molecule has 4 N–H and O–H groups in total. The Hall–Kier alpha value is -2.32. The van der Waals surface area contributed by atoms with Crippen molar-refractivity contribution in [3.8, 4) is 11.5 Å². The van der Waals surface area contributed by atoms with Crippen LogP contribution in [0.1, 0.15) is 73.4 Å². The fourth-order valence-electron chi connectivity index (χ4n) is 2.76. The SMILES string of the molecule is CC(C)(C)c1c(OO)c(OO)c(C(=O)O)c(C(=O)O)c1C(C)(C)C. The van der Waals surface area contributed by atoms with Gasteiger partial charge >= 0.3 is 11.9 Å². The first-order valence-corrected chi connectivity index (χ1v) is 7.13. The average molecular weight is 342 g/mol. The number of hydrogen-bond donors (Lipinski definition) is 4. The second-order valence-corrected chi connectivity index (χ2v) is 7.45. The number of carboxylic acids is 2. The van der Waals surface area contributed by atoms with Crippen molar-refractivity contribution in [2.45, 2.75) is 52.4 Å². The smallest absolute Gasteiger partial charge is 0.340 e. The molecule has 0 heterocycles. The molecular weight excluding hydrogens is 320 g/mol. The summed E-state index contributed by atoms with van der Waals surface area (Å²) in [6.45, 7) is 10.3. The lowest BCUT2D eigenvalue weighted by atomic mass is 9.71. The summed E-state index contributed by atoms with van der Waals surface area (Å²) in [4.78, 5) is 31.9. The Morgan fingerprint density at radius 3 is 1.33 bits per heavy atom. The third kappa shape index (κ3) is 3.29. The van der Waals surface area contributed by atoms with E-state index in [1.807, 2.05) is 0 Å². The monoisotopic (exact) mass is 342 g/mol. The fourth-order valence-corrected chi connectivity index (χ4v) is 2.76. The molecule has 8 heteroatoms. The van der Waals surface area contributed by atoms with Crippen LogP contribution in [0.4, 0.5) is 0 Å². The summed E-state index contributed by atoms with van der Waals surface area (Å²) in [5.41, 5.74) is -2.48. The van der Waals surface area contributed by atoms with Gasteiger partial charge in [0.2, 0.25) is 11.5 Å². The summed E-state index contributed by atoms with van der Waals surface area (Å²) in [6.07, 6.45) is 0. The number of hydrogen-bond acceptors (Lipinski definition) is 6. The summed E-state index contributed by atoms with van der Waals surface area (Å²) < 4.78 is 0. The zero-order valence-corrected chi connectivity index (χ0v) is 14.4. The Balaban J connectivity index is 4.36. The Morgan fingerprint density at radius 1 is 0.708 bits per heavy atom. The maximum absolute atomic E-state index is 11.8. The molecule has 0 aliphatic carbocycles. The van der Waals surface area contributed by atoms with Crippen LogP contribution in [0.15, 0.2) is 0 Å². The van der Waals surface area contributed by atoms with Gasteiger partial charge in [0.15, 0.2) is 0 Å². The molecule has 0 saturated heterocycles. The zero-order valence-electron chi connectivity index (χ0n) is 14.4. The van der Waals surface area contributed by atoms with Crippen LogP contribution in [0, 0.1) is 0 Å². The van der Waals surface area contributed by atoms with Crippen molar-refractivity contribution in [1.29, 1.82) is 0 Å². The Kier molecular flexibility index (Phi) is 5.17. The van der Waals surface area contributed by atoms with Crippen molar-refractivity contribution in [1.82, 2.24) is 0 Å². The molecule has 24 heavy (non-hydrogen) atoms. The predicted molar refractivity (Wildman–Crippen MR) is 84.3 cm³/mol. The van der Waals surface area contributed by atoms with E-state index >= 15 is 0 Å². The van der Waals surface area contributed by atoms with E-state index in [0.29, 0.717) is 0 Å². The van der Waals surface area contributed by atoms with Crippen LogP contribution in [0.5, 0.6) is 11.5 Å². The molecule has 8 nitrogen and oxygen atoms in total. The molecular formula is C16H22O8. The van der Waals surface area contributed by atoms with E-state index < -0.39 is 45.4 Å². The molecule has 134 valence electrons. The highest BCUT2D eigenvalue weighted by Gasteiger charge is 2.41. The number of benzene rings is 1. The fraction of sp³-hybridized carbons (Fsp3) is 0.500. The second kappa shape index (κ2) is 6.29. The molecule has 0 unspecified atom stereocenters. The standard InChI is InChI=1S/C16H22O8/c1-15(2,3)9-7(13(17)18)8(14(19)20)11(23-21)12(24-22)10(9)16(4,5)6/h21-22H,1-6H3,(H,17,18)(H,19,20). The third-order valence-electron chi connectivity index (χ3n) is 3.52. The minimum atomic E-state index is -1.64. The highest BCUT2D eigenvalue weighted by Crippen LogP contribution is 2.49. The minimum absolute atomic E-state index is 0.171. The van der Waals surface area contributed by atoms with Crippen molar-refractivity contribution >= 4 is 11.9 Å². The Morgan fingerprint density at radius 2 is 1.08 bits per heavy atom. The largest absolute Gasteiger partial charge is 0.478 e. The van der Waals surface area contributed by atoms with Gasteiger partial charge in [-0.2, -0.15) is 0 Å². The molecule has 0 amide bonds. The van der Waals surface area contributed by atoms with Gasteiger partial charge in [0, 0.05) is 5.56 Å².